The van der Waals surface area contributed by atoms with E-state index in [0.29, 0.717) is 4.47 Å². The number of anilines is 1. The molecule has 0 atom stereocenters. The van der Waals surface area contributed by atoms with Crippen LogP contribution in [0.1, 0.15) is 0 Å². The molecule has 0 bridgehead atoms. The molecule has 1 aromatic carbocycles. The van der Waals surface area contributed by atoms with Crippen molar-refractivity contribution in [3.63, 3.8) is 0 Å². The molecule has 1 N–H and O–H groups in total. The normalized spacial score (nSPS) is 11.3. The molecular weight excluding hydrogens is 464 g/mol. The molecule has 0 aliphatic carbocycles. The molecule has 2 aromatic rings. The van der Waals surface area contributed by atoms with Crippen LogP contribution in [0.4, 0.5) is 5.82 Å². The van der Waals surface area contributed by atoms with E-state index in [0.717, 1.165) is 8.95 Å². The summed E-state index contributed by atoms with van der Waals surface area (Å²) in [6, 6.07) is 8.14. The molecule has 0 aliphatic rings. The second-order valence-corrected chi connectivity index (χ2v) is 7.88. The first-order chi connectivity index (χ1) is 8.88. The van der Waals surface area contributed by atoms with Gasteiger partial charge in [-0.05, 0) is 46.3 Å². The molecule has 8 heteroatoms. The second kappa shape index (κ2) is 5.90. The van der Waals surface area contributed by atoms with E-state index in [9.17, 15) is 8.42 Å². The van der Waals surface area contributed by atoms with E-state index in [4.69, 9.17) is 0 Å². The van der Waals surface area contributed by atoms with E-state index >= 15 is 0 Å². The first kappa shape index (κ1) is 15.0. The molecule has 0 amide bonds. The molecule has 1 aromatic heterocycles. The maximum Gasteiger partial charge on any atom is 0.264 e. The number of pyridine rings is 1. The number of hydrogen-bond donors (Lipinski definition) is 1. The molecule has 0 radical (unpaired) electrons. The van der Waals surface area contributed by atoms with Crippen LogP contribution in [-0.2, 0) is 10.0 Å². The lowest BCUT2D eigenvalue weighted by molar-refractivity contribution is 0.600. The average molecular weight is 471 g/mol. The maximum absolute atomic E-state index is 12.2. The van der Waals surface area contributed by atoms with Gasteiger partial charge in [0.25, 0.3) is 10.0 Å². The Bertz CT molecular complexity index is 720. The van der Waals surface area contributed by atoms with E-state index < -0.39 is 10.0 Å². The highest BCUT2D eigenvalue weighted by atomic mass is 79.9. The summed E-state index contributed by atoms with van der Waals surface area (Å²) >= 11 is 9.77. The monoisotopic (exact) mass is 468 g/mol. The van der Waals surface area contributed by atoms with Gasteiger partial charge in [-0.2, -0.15) is 0 Å². The van der Waals surface area contributed by atoms with Gasteiger partial charge in [-0.3, -0.25) is 4.72 Å². The highest BCUT2D eigenvalue weighted by molar-refractivity contribution is 9.11. The summed E-state index contributed by atoms with van der Waals surface area (Å²) < 4.78 is 28.9. The fourth-order valence-electron chi connectivity index (χ4n) is 1.35. The first-order valence-corrected chi connectivity index (χ1v) is 8.84. The number of rotatable bonds is 3. The van der Waals surface area contributed by atoms with Crippen molar-refractivity contribution in [3.05, 3.63) is 49.9 Å². The van der Waals surface area contributed by atoms with Gasteiger partial charge in [-0.15, -0.1) is 0 Å². The van der Waals surface area contributed by atoms with Crippen LogP contribution in [0.2, 0.25) is 0 Å². The molecule has 19 heavy (non-hydrogen) atoms. The number of aromatic nitrogens is 1. The third-order valence-corrected chi connectivity index (χ3v) is 5.46. The van der Waals surface area contributed by atoms with Gasteiger partial charge in [-0.1, -0.05) is 31.9 Å². The third kappa shape index (κ3) is 3.77. The molecular formula is C11H7Br3N2O2S. The number of nitrogens with zero attached hydrogens (tertiary/aromatic N) is 1. The van der Waals surface area contributed by atoms with Crippen LogP contribution >= 0.6 is 47.8 Å². The number of benzene rings is 1. The standard InChI is InChI=1S/C11H7Br3N2O2S/c12-7-1-2-10(9(14)5-7)19(17,18)16-11-6-8(13)3-4-15-11/h1-6H,(H,15,16). The fraction of sp³-hybridized carbons (Fsp3) is 0. The van der Waals surface area contributed by atoms with Gasteiger partial charge in [0.1, 0.15) is 10.7 Å². The molecule has 0 saturated carbocycles. The summed E-state index contributed by atoms with van der Waals surface area (Å²) in [5.41, 5.74) is 0. The zero-order chi connectivity index (χ0) is 14.0. The van der Waals surface area contributed by atoms with E-state index in [-0.39, 0.29) is 10.7 Å². The highest BCUT2D eigenvalue weighted by Crippen LogP contribution is 2.27. The van der Waals surface area contributed by atoms with E-state index in [1.165, 1.54) is 12.3 Å². The summed E-state index contributed by atoms with van der Waals surface area (Å²) in [5.74, 6) is 0.254. The van der Waals surface area contributed by atoms with Crippen molar-refractivity contribution >= 4 is 63.6 Å². The van der Waals surface area contributed by atoms with Gasteiger partial charge in [0.05, 0.1) is 0 Å². The van der Waals surface area contributed by atoms with Crippen molar-refractivity contribution in [1.82, 2.24) is 4.98 Å². The van der Waals surface area contributed by atoms with Crippen molar-refractivity contribution in [2.75, 3.05) is 4.72 Å². The van der Waals surface area contributed by atoms with Crippen molar-refractivity contribution < 1.29 is 8.42 Å². The quantitative estimate of drug-likeness (QED) is 0.732. The molecule has 100 valence electrons. The number of sulfonamides is 1. The van der Waals surface area contributed by atoms with Crippen LogP contribution < -0.4 is 4.72 Å². The minimum Gasteiger partial charge on any atom is -0.263 e. The Kier molecular flexibility index (Phi) is 4.65. The van der Waals surface area contributed by atoms with Gasteiger partial charge in [0.15, 0.2) is 0 Å². The number of hydrogen-bond acceptors (Lipinski definition) is 3. The topological polar surface area (TPSA) is 59.1 Å². The Balaban J connectivity index is 2.38. The highest BCUT2D eigenvalue weighted by Gasteiger charge is 2.18. The van der Waals surface area contributed by atoms with E-state index in [1.54, 1.807) is 24.3 Å². The Morgan fingerprint density at radius 3 is 2.32 bits per heavy atom. The molecule has 0 unspecified atom stereocenters. The fourth-order valence-corrected chi connectivity index (χ4v) is 4.43. The van der Waals surface area contributed by atoms with Crippen molar-refractivity contribution in [3.8, 4) is 0 Å². The van der Waals surface area contributed by atoms with Crippen molar-refractivity contribution in [2.24, 2.45) is 0 Å². The average Bonchev–Trinajstić information content (AvgIpc) is 2.27. The SMILES string of the molecule is O=S(=O)(Nc1cc(Br)ccn1)c1ccc(Br)cc1Br. The maximum atomic E-state index is 12.2. The van der Waals surface area contributed by atoms with Gasteiger partial charge in [0.2, 0.25) is 0 Å². The zero-order valence-corrected chi connectivity index (χ0v) is 14.8. The number of nitrogens with one attached hydrogen (secondary N) is 1. The Morgan fingerprint density at radius 1 is 1.00 bits per heavy atom. The Labute approximate surface area is 136 Å². The lowest BCUT2D eigenvalue weighted by Crippen LogP contribution is -2.14. The van der Waals surface area contributed by atoms with Crippen molar-refractivity contribution in [1.29, 1.82) is 0 Å². The third-order valence-electron chi connectivity index (χ3n) is 2.14. The summed E-state index contributed by atoms with van der Waals surface area (Å²) in [7, 11) is -3.68. The van der Waals surface area contributed by atoms with Crippen LogP contribution in [0.5, 0.6) is 0 Å². The van der Waals surface area contributed by atoms with Gasteiger partial charge >= 0.3 is 0 Å². The minimum absolute atomic E-state index is 0.150. The zero-order valence-electron chi connectivity index (χ0n) is 9.27. The lowest BCUT2D eigenvalue weighted by atomic mass is 10.4. The smallest absolute Gasteiger partial charge is 0.263 e. The lowest BCUT2D eigenvalue weighted by Gasteiger charge is -2.09. The van der Waals surface area contributed by atoms with Gasteiger partial charge in [-0.25, -0.2) is 13.4 Å². The summed E-state index contributed by atoms with van der Waals surface area (Å²) in [6.45, 7) is 0. The van der Waals surface area contributed by atoms with Gasteiger partial charge in [0, 0.05) is 19.6 Å². The molecule has 0 fully saturated rings. The van der Waals surface area contributed by atoms with Crippen LogP contribution in [0.25, 0.3) is 0 Å². The molecule has 4 nitrogen and oxygen atoms in total. The summed E-state index contributed by atoms with van der Waals surface area (Å²) in [4.78, 5) is 4.10. The second-order valence-electron chi connectivity index (χ2n) is 3.54. The molecule has 0 saturated heterocycles. The molecule has 0 spiro atoms. The molecule has 2 rings (SSSR count). The van der Waals surface area contributed by atoms with Crippen LogP contribution in [0.15, 0.2) is 54.8 Å². The minimum atomic E-state index is -3.68. The largest absolute Gasteiger partial charge is 0.264 e. The van der Waals surface area contributed by atoms with E-state index in [1.807, 2.05) is 0 Å². The predicted octanol–water partition coefficient (Wildman–Crippen LogP) is 4.17. The van der Waals surface area contributed by atoms with Crippen LogP contribution in [-0.4, -0.2) is 13.4 Å². The molecule has 1 heterocycles. The number of halogens is 3. The van der Waals surface area contributed by atoms with E-state index in [2.05, 4.69) is 57.5 Å². The van der Waals surface area contributed by atoms with Crippen LogP contribution in [0, 0.1) is 0 Å². The first-order valence-electron chi connectivity index (χ1n) is 4.98. The predicted molar refractivity (Wildman–Crippen MR) is 84.6 cm³/mol. The Morgan fingerprint density at radius 2 is 1.68 bits per heavy atom. The van der Waals surface area contributed by atoms with Crippen molar-refractivity contribution in [2.45, 2.75) is 4.90 Å². The van der Waals surface area contributed by atoms with Gasteiger partial charge < -0.3 is 0 Å². The summed E-state index contributed by atoms with van der Waals surface area (Å²) in [5, 5.41) is 0. The van der Waals surface area contributed by atoms with Crippen LogP contribution in [0.3, 0.4) is 0 Å². The molecule has 0 aliphatic heterocycles. The Hall–Kier alpha value is -0.440. The summed E-state index contributed by atoms with van der Waals surface area (Å²) in [6.07, 6.45) is 1.51.